The summed E-state index contributed by atoms with van der Waals surface area (Å²) in [6.07, 6.45) is 9.16. The molecule has 0 spiro atoms. The highest BCUT2D eigenvalue weighted by Crippen LogP contribution is 2.06. The minimum absolute atomic E-state index is 0.121. The molecule has 0 aromatic rings. The summed E-state index contributed by atoms with van der Waals surface area (Å²) in [6, 6.07) is 0. The van der Waals surface area contributed by atoms with Crippen LogP contribution in [0.2, 0.25) is 0 Å². The van der Waals surface area contributed by atoms with Crippen molar-refractivity contribution in [2.45, 2.75) is 52.4 Å². The molecule has 3 nitrogen and oxygen atoms in total. The Balaban J connectivity index is 3.69. The lowest BCUT2D eigenvalue weighted by Gasteiger charge is -2.27. The third-order valence-electron chi connectivity index (χ3n) is 3.18. The SMILES string of the molecule is CCCCCCCCOC(=O)C[N+](C)(C)CC=C(C)Cl. The van der Waals surface area contributed by atoms with Crippen molar-refractivity contribution < 1.29 is 14.0 Å². The highest BCUT2D eigenvalue weighted by atomic mass is 35.5. The molecule has 0 saturated carbocycles. The topological polar surface area (TPSA) is 26.3 Å². The summed E-state index contributed by atoms with van der Waals surface area (Å²) in [5, 5.41) is 0.761. The number of hydrogen-bond donors (Lipinski definition) is 0. The van der Waals surface area contributed by atoms with Gasteiger partial charge in [-0.25, -0.2) is 4.79 Å². The molecular weight excluding hydrogens is 274 g/mol. The van der Waals surface area contributed by atoms with E-state index in [1.54, 1.807) is 0 Å². The number of nitrogens with zero attached hydrogens (tertiary/aromatic N) is 1. The Morgan fingerprint density at radius 2 is 1.75 bits per heavy atom. The molecule has 4 heteroatoms. The lowest BCUT2D eigenvalue weighted by Crippen LogP contribution is -2.44. The first-order valence-corrected chi connectivity index (χ1v) is 8.05. The van der Waals surface area contributed by atoms with E-state index in [1.165, 1.54) is 25.7 Å². The van der Waals surface area contributed by atoms with E-state index < -0.39 is 0 Å². The number of esters is 1. The molecule has 0 aromatic heterocycles. The standard InChI is InChI=1S/C16H31ClNO2/c1-5-6-7-8-9-10-13-20-16(19)14-18(3,4)12-11-15(2)17/h11H,5-10,12-14H2,1-4H3/q+1. The zero-order valence-electron chi connectivity index (χ0n) is 13.6. The van der Waals surface area contributed by atoms with Crippen LogP contribution in [-0.2, 0) is 9.53 Å². The molecule has 0 unspecified atom stereocenters. The number of quaternary nitrogens is 1. The summed E-state index contributed by atoms with van der Waals surface area (Å²) in [5.41, 5.74) is 0. The maximum atomic E-state index is 11.7. The molecule has 0 N–H and O–H groups in total. The summed E-state index contributed by atoms with van der Waals surface area (Å²) in [4.78, 5) is 11.7. The number of unbranched alkanes of at least 4 members (excludes halogenated alkanes) is 5. The van der Waals surface area contributed by atoms with Crippen LogP contribution in [0.3, 0.4) is 0 Å². The van der Waals surface area contributed by atoms with Crippen LogP contribution in [0.5, 0.6) is 0 Å². The molecule has 0 atom stereocenters. The minimum atomic E-state index is -0.121. The van der Waals surface area contributed by atoms with Gasteiger partial charge in [-0.1, -0.05) is 50.6 Å². The van der Waals surface area contributed by atoms with Crippen LogP contribution >= 0.6 is 11.6 Å². The lowest BCUT2D eigenvalue weighted by atomic mass is 10.1. The van der Waals surface area contributed by atoms with Crippen LogP contribution in [0.15, 0.2) is 11.1 Å². The second-order valence-electron chi connectivity index (χ2n) is 6.06. The van der Waals surface area contributed by atoms with E-state index in [1.807, 2.05) is 27.1 Å². The molecule has 0 aliphatic carbocycles. The fraction of sp³-hybridized carbons (Fsp3) is 0.812. The molecule has 20 heavy (non-hydrogen) atoms. The van der Waals surface area contributed by atoms with Crippen molar-refractivity contribution in [1.82, 2.24) is 0 Å². The number of carbonyl (C=O) groups is 1. The average Bonchev–Trinajstić information content (AvgIpc) is 2.35. The Hall–Kier alpha value is -0.540. The fourth-order valence-corrected chi connectivity index (χ4v) is 1.97. The molecule has 0 amide bonds. The first-order chi connectivity index (χ1) is 9.37. The van der Waals surface area contributed by atoms with Gasteiger partial charge in [-0.05, 0) is 19.4 Å². The molecule has 0 bridgehead atoms. The van der Waals surface area contributed by atoms with Crippen molar-refractivity contribution in [3.05, 3.63) is 11.1 Å². The van der Waals surface area contributed by atoms with Crippen LogP contribution in [0.4, 0.5) is 0 Å². The smallest absolute Gasteiger partial charge is 0.361 e. The number of rotatable bonds is 11. The number of hydrogen-bond acceptors (Lipinski definition) is 2. The number of likely N-dealkylation sites (N-methyl/N-ethyl adjacent to an activating group) is 1. The lowest BCUT2D eigenvalue weighted by molar-refractivity contribution is -0.877. The van der Waals surface area contributed by atoms with Crippen LogP contribution in [-0.4, -0.2) is 44.2 Å². The van der Waals surface area contributed by atoms with Gasteiger partial charge in [0.1, 0.15) is 0 Å². The van der Waals surface area contributed by atoms with E-state index in [-0.39, 0.29) is 5.97 Å². The maximum Gasteiger partial charge on any atom is 0.361 e. The normalized spacial score (nSPS) is 12.6. The van der Waals surface area contributed by atoms with Gasteiger partial charge in [0.25, 0.3) is 0 Å². The summed E-state index contributed by atoms with van der Waals surface area (Å²) in [7, 11) is 4.00. The van der Waals surface area contributed by atoms with E-state index in [0.717, 1.165) is 24.4 Å². The molecule has 118 valence electrons. The van der Waals surface area contributed by atoms with Gasteiger partial charge in [-0.15, -0.1) is 0 Å². The van der Waals surface area contributed by atoms with Crippen molar-refractivity contribution >= 4 is 17.6 Å². The molecule has 0 radical (unpaired) electrons. The summed E-state index contributed by atoms with van der Waals surface area (Å²) >= 11 is 5.81. The zero-order valence-corrected chi connectivity index (χ0v) is 14.3. The molecule has 0 aliphatic heterocycles. The van der Waals surface area contributed by atoms with Crippen molar-refractivity contribution in [2.75, 3.05) is 33.8 Å². The first-order valence-electron chi connectivity index (χ1n) is 7.67. The summed E-state index contributed by atoms with van der Waals surface area (Å²) < 4.78 is 5.85. The number of ether oxygens (including phenoxy) is 1. The van der Waals surface area contributed by atoms with Crippen LogP contribution in [0, 0.1) is 0 Å². The van der Waals surface area contributed by atoms with Crippen LogP contribution in [0.25, 0.3) is 0 Å². The Morgan fingerprint density at radius 3 is 2.35 bits per heavy atom. The first kappa shape index (κ1) is 19.5. The molecule has 0 heterocycles. The van der Waals surface area contributed by atoms with Gasteiger partial charge in [0.05, 0.1) is 27.2 Å². The highest BCUT2D eigenvalue weighted by molar-refractivity contribution is 6.29. The van der Waals surface area contributed by atoms with Gasteiger partial charge in [0.15, 0.2) is 6.54 Å². The Labute approximate surface area is 129 Å². The molecule has 0 fully saturated rings. The average molecular weight is 305 g/mol. The van der Waals surface area contributed by atoms with Crippen molar-refractivity contribution in [1.29, 1.82) is 0 Å². The molecule has 0 aliphatic rings. The third-order valence-corrected chi connectivity index (χ3v) is 3.34. The monoisotopic (exact) mass is 304 g/mol. The van der Waals surface area contributed by atoms with Gasteiger partial charge in [0.2, 0.25) is 0 Å². The molecule has 0 saturated heterocycles. The molecule has 0 aromatic carbocycles. The van der Waals surface area contributed by atoms with Crippen molar-refractivity contribution in [3.8, 4) is 0 Å². The van der Waals surface area contributed by atoms with Crippen LogP contribution < -0.4 is 0 Å². The summed E-state index contributed by atoms with van der Waals surface area (Å²) in [5.74, 6) is -0.121. The third kappa shape index (κ3) is 12.5. The predicted octanol–water partition coefficient (Wildman–Crippen LogP) is 4.11. The van der Waals surface area contributed by atoms with E-state index in [0.29, 0.717) is 17.6 Å². The second-order valence-corrected chi connectivity index (χ2v) is 6.65. The van der Waals surface area contributed by atoms with Crippen molar-refractivity contribution in [3.63, 3.8) is 0 Å². The summed E-state index contributed by atoms with van der Waals surface area (Å²) in [6.45, 7) is 5.73. The van der Waals surface area contributed by atoms with Gasteiger partial charge in [-0.3, -0.25) is 0 Å². The molecule has 0 rings (SSSR count). The minimum Gasteiger partial charge on any atom is -0.462 e. The Bertz CT molecular complexity index is 297. The van der Waals surface area contributed by atoms with E-state index >= 15 is 0 Å². The van der Waals surface area contributed by atoms with Crippen molar-refractivity contribution in [2.24, 2.45) is 0 Å². The van der Waals surface area contributed by atoms with Gasteiger partial charge >= 0.3 is 5.97 Å². The Morgan fingerprint density at radius 1 is 1.15 bits per heavy atom. The molecular formula is C16H31ClNO2+. The number of halogens is 1. The highest BCUT2D eigenvalue weighted by Gasteiger charge is 2.19. The van der Waals surface area contributed by atoms with Gasteiger partial charge in [0, 0.05) is 5.03 Å². The second kappa shape index (κ2) is 11.2. The fourth-order valence-electron chi connectivity index (χ4n) is 1.90. The van der Waals surface area contributed by atoms with Gasteiger partial charge < -0.3 is 9.22 Å². The largest absolute Gasteiger partial charge is 0.462 e. The quantitative estimate of drug-likeness (QED) is 0.326. The van der Waals surface area contributed by atoms with E-state index in [2.05, 4.69) is 6.92 Å². The number of carbonyl (C=O) groups excluding carboxylic acids is 1. The number of allylic oxidation sites excluding steroid dienone is 1. The van der Waals surface area contributed by atoms with Crippen LogP contribution in [0.1, 0.15) is 52.4 Å². The Kier molecular flexibility index (Phi) is 10.9. The van der Waals surface area contributed by atoms with E-state index in [9.17, 15) is 4.79 Å². The van der Waals surface area contributed by atoms with Gasteiger partial charge in [-0.2, -0.15) is 0 Å². The predicted molar refractivity (Wildman–Crippen MR) is 85.8 cm³/mol. The zero-order chi connectivity index (χ0) is 15.4. The maximum absolute atomic E-state index is 11.7. The van der Waals surface area contributed by atoms with E-state index in [4.69, 9.17) is 16.3 Å².